The van der Waals surface area contributed by atoms with Crippen LogP contribution in [0.3, 0.4) is 0 Å². The van der Waals surface area contributed by atoms with Gasteiger partial charge in [-0.25, -0.2) is 0 Å². The Bertz CT molecular complexity index is 392. The molecule has 5 heteroatoms. The first-order valence-corrected chi connectivity index (χ1v) is 6.32. The van der Waals surface area contributed by atoms with Gasteiger partial charge in [0.25, 0.3) is 0 Å². The molecule has 102 valence electrons. The van der Waals surface area contributed by atoms with Gasteiger partial charge in [-0.05, 0) is 40.2 Å². The third-order valence-electron chi connectivity index (χ3n) is 2.45. The maximum absolute atomic E-state index is 11.8. The van der Waals surface area contributed by atoms with Gasteiger partial charge in [0.15, 0.2) is 0 Å². The van der Waals surface area contributed by atoms with Crippen molar-refractivity contribution in [1.29, 1.82) is 0 Å². The summed E-state index contributed by atoms with van der Waals surface area (Å²) in [5.41, 5.74) is 0.958. The largest absolute Gasteiger partial charge is 0.350 e. The first-order chi connectivity index (χ1) is 8.28. The molecule has 0 aromatic carbocycles. The molecule has 1 rings (SSSR count). The summed E-state index contributed by atoms with van der Waals surface area (Å²) in [5.74, 6) is 0.0270. The third kappa shape index (κ3) is 5.31. The Kier molecular flexibility index (Phi) is 4.90. The van der Waals surface area contributed by atoms with Crippen molar-refractivity contribution in [2.24, 2.45) is 0 Å². The van der Waals surface area contributed by atoms with E-state index in [0.717, 1.165) is 18.7 Å². The number of nitrogens with zero attached hydrogens (tertiary/aromatic N) is 2. The quantitative estimate of drug-likeness (QED) is 0.824. The highest BCUT2D eigenvalue weighted by Gasteiger charge is 2.18. The summed E-state index contributed by atoms with van der Waals surface area (Å²) in [7, 11) is 0. The lowest BCUT2D eigenvalue weighted by molar-refractivity contribution is -0.124. The van der Waals surface area contributed by atoms with Crippen LogP contribution in [-0.4, -0.2) is 33.8 Å². The lowest BCUT2D eigenvalue weighted by Gasteiger charge is -2.23. The second-order valence-corrected chi connectivity index (χ2v) is 5.70. The smallest absolute Gasteiger partial charge is 0.237 e. The second kappa shape index (κ2) is 6.00. The predicted octanol–water partition coefficient (Wildman–Crippen LogP) is 1.08. The molecule has 0 fully saturated rings. The van der Waals surface area contributed by atoms with Crippen molar-refractivity contribution in [2.75, 3.05) is 6.54 Å². The van der Waals surface area contributed by atoms with E-state index >= 15 is 0 Å². The minimum Gasteiger partial charge on any atom is -0.350 e. The van der Waals surface area contributed by atoms with Crippen molar-refractivity contribution in [3.05, 3.63) is 18.0 Å². The zero-order valence-electron chi connectivity index (χ0n) is 11.9. The molecule has 0 aliphatic carbocycles. The van der Waals surface area contributed by atoms with Gasteiger partial charge in [0, 0.05) is 18.3 Å². The predicted molar refractivity (Wildman–Crippen MR) is 72.3 cm³/mol. The van der Waals surface area contributed by atoms with Crippen LogP contribution in [0.1, 0.15) is 33.3 Å². The van der Waals surface area contributed by atoms with Gasteiger partial charge in [0.1, 0.15) is 0 Å². The highest BCUT2D eigenvalue weighted by atomic mass is 16.2. The van der Waals surface area contributed by atoms with Gasteiger partial charge in [-0.3, -0.25) is 9.48 Å². The molecule has 0 saturated heterocycles. The summed E-state index contributed by atoms with van der Waals surface area (Å²) in [6, 6.07) is -0.194. The summed E-state index contributed by atoms with van der Waals surface area (Å²) < 4.78 is 1.87. The average molecular weight is 252 g/mol. The van der Waals surface area contributed by atoms with Crippen molar-refractivity contribution >= 4 is 5.91 Å². The van der Waals surface area contributed by atoms with Crippen molar-refractivity contribution < 1.29 is 4.79 Å². The number of carbonyl (C=O) groups excluding carboxylic acids is 1. The number of hydrogen-bond acceptors (Lipinski definition) is 3. The molecule has 1 amide bonds. The molecular formula is C13H24N4O. The number of carbonyl (C=O) groups is 1. The fraction of sp³-hybridized carbons (Fsp3) is 0.692. The van der Waals surface area contributed by atoms with Gasteiger partial charge in [0.05, 0.1) is 18.8 Å². The van der Waals surface area contributed by atoms with E-state index in [1.54, 1.807) is 0 Å². The molecular weight excluding hydrogens is 228 g/mol. The van der Waals surface area contributed by atoms with E-state index < -0.39 is 0 Å². The van der Waals surface area contributed by atoms with Gasteiger partial charge in [0.2, 0.25) is 5.91 Å². The molecule has 0 spiro atoms. The van der Waals surface area contributed by atoms with Gasteiger partial charge in [-0.2, -0.15) is 5.10 Å². The van der Waals surface area contributed by atoms with Crippen LogP contribution in [0.15, 0.2) is 12.4 Å². The fourth-order valence-electron chi connectivity index (χ4n) is 1.56. The Morgan fingerprint density at radius 2 is 2.17 bits per heavy atom. The summed E-state index contributed by atoms with van der Waals surface area (Å²) in [6.07, 6.45) is 3.82. The molecule has 0 saturated carbocycles. The molecule has 5 nitrogen and oxygen atoms in total. The van der Waals surface area contributed by atoms with Crippen LogP contribution in [0.2, 0.25) is 0 Å². The van der Waals surface area contributed by atoms with Crippen molar-refractivity contribution in [3.8, 4) is 0 Å². The second-order valence-electron chi connectivity index (χ2n) is 5.70. The molecule has 1 aromatic rings. The molecule has 0 aliphatic heterocycles. The molecule has 1 aromatic heterocycles. The molecule has 0 bridgehead atoms. The Hall–Kier alpha value is -1.36. The topological polar surface area (TPSA) is 59.0 Å². The van der Waals surface area contributed by atoms with Crippen LogP contribution >= 0.6 is 0 Å². The third-order valence-corrected chi connectivity index (χ3v) is 2.45. The van der Waals surface area contributed by atoms with E-state index in [1.807, 2.05) is 51.7 Å². The van der Waals surface area contributed by atoms with Gasteiger partial charge in [-0.15, -0.1) is 0 Å². The molecule has 0 aliphatic rings. The number of nitrogens with one attached hydrogen (secondary N) is 2. The zero-order valence-corrected chi connectivity index (χ0v) is 11.9. The average Bonchev–Trinajstić information content (AvgIpc) is 2.61. The van der Waals surface area contributed by atoms with E-state index in [0.29, 0.717) is 0 Å². The first kappa shape index (κ1) is 14.7. The summed E-state index contributed by atoms with van der Waals surface area (Å²) in [4.78, 5) is 11.8. The van der Waals surface area contributed by atoms with Crippen molar-refractivity contribution in [2.45, 2.75) is 52.7 Å². The molecule has 18 heavy (non-hydrogen) atoms. The van der Waals surface area contributed by atoms with Gasteiger partial charge >= 0.3 is 0 Å². The van der Waals surface area contributed by atoms with Gasteiger partial charge in [-0.1, -0.05) is 0 Å². The first-order valence-electron chi connectivity index (χ1n) is 6.32. The highest BCUT2D eigenvalue weighted by Crippen LogP contribution is 1.99. The van der Waals surface area contributed by atoms with Crippen LogP contribution in [0.25, 0.3) is 0 Å². The summed E-state index contributed by atoms with van der Waals surface area (Å²) in [5, 5.41) is 10.3. The number of amides is 1. The van der Waals surface area contributed by atoms with Gasteiger partial charge < -0.3 is 10.6 Å². The maximum Gasteiger partial charge on any atom is 0.237 e. The van der Waals surface area contributed by atoms with E-state index in [4.69, 9.17) is 0 Å². The van der Waals surface area contributed by atoms with E-state index in [1.165, 1.54) is 0 Å². The minimum atomic E-state index is -0.194. The Labute approximate surface area is 109 Å². The van der Waals surface area contributed by atoms with Crippen molar-refractivity contribution in [1.82, 2.24) is 20.4 Å². The number of aromatic nitrogens is 2. The number of rotatable bonds is 5. The van der Waals surface area contributed by atoms with Crippen LogP contribution in [-0.2, 0) is 11.3 Å². The molecule has 0 radical (unpaired) electrons. The van der Waals surface area contributed by atoms with Crippen molar-refractivity contribution in [3.63, 3.8) is 0 Å². The Morgan fingerprint density at radius 1 is 1.50 bits per heavy atom. The summed E-state index contributed by atoms with van der Waals surface area (Å²) >= 11 is 0. The number of hydrogen-bond donors (Lipinski definition) is 2. The lowest BCUT2D eigenvalue weighted by atomic mass is 10.1. The zero-order chi connectivity index (χ0) is 13.8. The summed E-state index contributed by atoms with van der Waals surface area (Å²) in [6.45, 7) is 11.3. The number of aryl methyl sites for hydroxylation is 1. The molecule has 1 unspecified atom stereocenters. The SMILES string of the molecule is Cc1cnn(CCNC(C)C(=O)NC(C)(C)C)c1. The Balaban J connectivity index is 2.28. The molecule has 1 heterocycles. The molecule has 2 N–H and O–H groups in total. The fourth-order valence-corrected chi connectivity index (χ4v) is 1.56. The van der Waals surface area contributed by atoms with Crippen LogP contribution in [0, 0.1) is 6.92 Å². The van der Waals surface area contributed by atoms with Crippen LogP contribution in [0.4, 0.5) is 0 Å². The van der Waals surface area contributed by atoms with E-state index in [9.17, 15) is 4.79 Å². The van der Waals surface area contributed by atoms with E-state index in [-0.39, 0.29) is 17.5 Å². The lowest BCUT2D eigenvalue weighted by Crippen LogP contribution is -2.50. The normalized spacial score (nSPS) is 13.4. The van der Waals surface area contributed by atoms with Crippen LogP contribution in [0.5, 0.6) is 0 Å². The standard InChI is InChI=1S/C13H24N4O/c1-10-8-15-17(9-10)7-6-14-11(2)12(18)16-13(3,4)5/h8-9,11,14H,6-7H2,1-5H3,(H,16,18). The monoisotopic (exact) mass is 252 g/mol. The minimum absolute atomic E-state index is 0.0270. The Morgan fingerprint density at radius 3 is 2.67 bits per heavy atom. The highest BCUT2D eigenvalue weighted by molar-refractivity contribution is 5.81. The van der Waals surface area contributed by atoms with Crippen LogP contribution < -0.4 is 10.6 Å². The van der Waals surface area contributed by atoms with E-state index in [2.05, 4.69) is 15.7 Å². The maximum atomic E-state index is 11.8. The molecule has 1 atom stereocenters.